The highest BCUT2D eigenvalue weighted by molar-refractivity contribution is 6.10. The number of esters is 1. The fourth-order valence-corrected chi connectivity index (χ4v) is 3.50. The Kier molecular flexibility index (Phi) is 5.47. The number of rotatable bonds is 5. The summed E-state index contributed by atoms with van der Waals surface area (Å²) in [6, 6.07) is 5.09. The minimum Gasteiger partial charge on any atom is -0.468 e. The molecule has 1 aliphatic heterocycles. The van der Waals surface area contributed by atoms with Crippen LogP contribution in [0.3, 0.4) is 0 Å². The van der Waals surface area contributed by atoms with Crippen molar-refractivity contribution < 1.29 is 19.1 Å². The zero-order valence-electron chi connectivity index (χ0n) is 17.6. The van der Waals surface area contributed by atoms with Gasteiger partial charge in [-0.15, -0.1) is 0 Å². The molecule has 2 aromatic rings. The van der Waals surface area contributed by atoms with E-state index in [-0.39, 0.29) is 30.3 Å². The van der Waals surface area contributed by atoms with E-state index in [1.54, 1.807) is 45.9 Å². The number of aromatic nitrogens is 2. The van der Waals surface area contributed by atoms with Crippen LogP contribution in [0.25, 0.3) is 0 Å². The van der Waals surface area contributed by atoms with E-state index in [2.05, 4.69) is 20.0 Å². The largest absolute Gasteiger partial charge is 0.468 e. The lowest BCUT2D eigenvalue weighted by Crippen LogP contribution is -2.39. The molecule has 0 fully saturated rings. The average Bonchev–Trinajstić information content (AvgIpc) is 2.86. The number of methoxy groups -OCH3 is 1. The molecule has 0 unspecified atom stereocenters. The number of benzene rings is 1. The summed E-state index contributed by atoms with van der Waals surface area (Å²) in [6.07, 6.45) is -0.0511. The predicted molar refractivity (Wildman–Crippen MR) is 111 cm³/mol. The summed E-state index contributed by atoms with van der Waals surface area (Å²) < 4.78 is 4.68. The molecule has 30 heavy (non-hydrogen) atoms. The smallest absolute Gasteiger partial charge is 0.325 e. The molecular formula is C21H24N4O5. The van der Waals surface area contributed by atoms with Gasteiger partial charge in [0.2, 0.25) is 11.8 Å². The van der Waals surface area contributed by atoms with Gasteiger partial charge in [0.1, 0.15) is 12.4 Å². The first-order valence-electron chi connectivity index (χ1n) is 9.44. The first-order chi connectivity index (χ1) is 14.0. The Balaban J connectivity index is 1.84. The van der Waals surface area contributed by atoms with E-state index < -0.39 is 11.4 Å². The minimum atomic E-state index is -0.855. The van der Waals surface area contributed by atoms with Crippen molar-refractivity contribution in [2.24, 2.45) is 0 Å². The van der Waals surface area contributed by atoms with Crippen LogP contribution in [0.1, 0.15) is 36.5 Å². The summed E-state index contributed by atoms with van der Waals surface area (Å²) in [5.41, 5.74) is 1.51. The van der Waals surface area contributed by atoms with Crippen molar-refractivity contribution in [3.8, 4) is 0 Å². The molecule has 0 saturated carbocycles. The zero-order valence-corrected chi connectivity index (χ0v) is 17.6. The summed E-state index contributed by atoms with van der Waals surface area (Å²) in [5.74, 6) is -0.619. The molecule has 3 rings (SSSR count). The molecule has 1 aromatic carbocycles. The third-order valence-corrected chi connectivity index (χ3v) is 5.24. The molecule has 0 radical (unpaired) electrons. The average molecular weight is 412 g/mol. The van der Waals surface area contributed by atoms with Gasteiger partial charge in [0.25, 0.3) is 5.56 Å². The number of aryl methyl sites for hydroxylation is 1. The molecule has 9 nitrogen and oxygen atoms in total. The lowest BCUT2D eigenvalue weighted by atomic mass is 9.86. The van der Waals surface area contributed by atoms with Crippen LogP contribution in [0.2, 0.25) is 0 Å². The number of carbonyl (C=O) groups is 3. The van der Waals surface area contributed by atoms with Gasteiger partial charge in [-0.2, -0.15) is 0 Å². The van der Waals surface area contributed by atoms with Crippen molar-refractivity contribution in [3.63, 3.8) is 0 Å². The topological polar surface area (TPSA) is 121 Å². The Labute approximate surface area is 173 Å². The Bertz CT molecular complexity index is 1100. The Morgan fingerprint density at radius 3 is 2.60 bits per heavy atom. The summed E-state index contributed by atoms with van der Waals surface area (Å²) in [4.78, 5) is 57.1. The second kappa shape index (κ2) is 7.74. The summed E-state index contributed by atoms with van der Waals surface area (Å²) >= 11 is 0. The van der Waals surface area contributed by atoms with E-state index in [0.29, 0.717) is 34.0 Å². The molecule has 0 bridgehead atoms. The number of fused-ring (bicyclic) bond motifs is 1. The fourth-order valence-electron chi connectivity index (χ4n) is 3.50. The summed E-state index contributed by atoms with van der Waals surface area (Å²) in [5, 5.41) is 2.79. The third kappa shape index (κ3) is 3.83. The highest BCUT2D eigenvalue weighted by Crippen LogP contribution is 2.42. The first-order valence-corrected chi connectivity index (χ1v) is 9.44. The normalized spacial score (nSPS) is 14.4. The Morgan fingerprint density at radius 2 is 1.93 bits per heavy atom. The van der Waals surface area contributed by atoms with Gasteiger partial charge >= 0.3 is 5.97 Å². The highest BCUT2D eigenvalue weighted by Gasteiger charge is 2.44. The van der Waals surface area contributed by atoms with Crippen LogP contribution in [0.15, 0.2) is 23.0 Å². The summed E-state index contributed by atoms with van der Waals surface area (Å²) in [7, 11) is 1.27. The molecule has 1 aromatic heterocycles. The van der Waals surface area contributed by atoms with Crippen LogP contribution in [-0.2, 0) is 31.0 Å². The van der Waals surface area contributed by atoms with Crippen molar-refractivity contribution in [2.75, 3.05) is 23.9 Å². The first kappa shape index (κ1) is 21.2. The van der Waals surface area contributed by atoms with Crippen molar-refractivity contribution in [3.05, 3.63) is 51.2 Å². The van der Waals surface area contributed by atoms with Gasteiger partial charge in [-0.05, 0) is 51.5 Å². The number of ether oxygens (including phenoxy) is 1. The predicted octanol–water partition coefficient (Wildman–Crippen LogP) is 1.37. The quantitative estimate of drug-likeness (QED) is 0.716. The maximum Gasteiger partial charge on any atom is 0.325 e. The van der Waals surface area contributed by atoms with Gasteiger partial charge < -0.3 is 19.9 Å². The van der Waals surface area contributed by atoms with E-state index in [4.69, 9.17) is 0 Å². The lowest BCUT2D eigenvalue weighted by molar-refractivity contribution is -0.140. The molecule has 9 heteroatoms. The number of hydrogen-bond acceptors (Lipinski definition) is 6. The number of aromatic amines is 1. The van der Waals surface area contributed by atoms with Gasteiger partial charge in [0.15, 0.2) is 0 Å². The van der Waals surface area contributed by atoms with Crippen LogP contribution in [0, 0.1) is 13.8 Å². The monoisotopic (exact) mass is 412 g/mol. The minimum absolute atomic E-state index is 0.0511. The highest BCUT2D eigenvalue weighted by atomic mass is 16.5. The Hall–Kier alpha value is -3.49. The standard InChI is InChI=1S/C21H24N4O5/c1-11-15(22-12(2)23-19(11)28)9-17(26)24-13-6-7-16-14(8-13)21(3,4)20(29)25(16)10-18(27)30-5/h6-8H,9-10H2,1-5H3,(H,24,26)(H,22,23,28). The number of H-pyrrole nitrogens is 1. The van der Waals surface area contributed by atoms with Crippen LogP contribution >= 0.6 is 0 Å². The molecular weight excluding hydrogens is 388 g/mol. The van der Waals surface area contributed by atoms with E-state index in [1.807, 2.05) is 0 Å². The van der Waals surface area contributed by atoms with Crippen molar-refractivity contribution in [1.82, 2.24) is 9.97 Å². The van der Waals surface area contributed by atoms with Gasteiger partial charge in [0, 0.05) is 16.9 Å². The molecule has 2 heterocycles. The van der Waals surface area contributed by atoms with E-state index in [1.165, 1.54) is 12.0 Å². The number of anilines is 2. The van der Waals surface area contributed by atoms with Gasteiger partial charge in [-0.3, -0.25) is 19.2 Å². The molecule has 0 atom stereocenters. The lowest BCUT2D eigenvalue weighted by Gasteiger charge is -2.19. The molecule has 2 N–H and O–H groups in total. The molecule has 0 saturated heterocycles. The molecule has 2 amide bonds. The number of amides is 2. The third-order valence-electron chi connectivity index (χ3n) is 5.24. The van der Waals surface area contributed by atoms with Crippen LogP contribution in [0.4, 0.5) is 11.4 Å². The van der Waals surface area contributed by atoms with Gasteiger partial charge in [-0.1, -0.05) is 0 Å². The fraction of sp³-hybridized carbons (Fsp3) is 0.381. The number of nitrogens with zero attached hydrogens (tertiary/aromatic N) is 2. The van der Waals surface area contributed by atoms with Gasteiger partial charge in [-0.25, -0.2) is 4.98 Å². The van der Waals surface area contributed by atoms with Crippen LogP contribution < -0.4 is 15.8 Å². The van der Waals surface area contributed by atoms with E-state index >= 15 is 0 Å². The van der Waals surface area contributed by atoms with E-state index in [0.717, 1.165) is 0 Å². The SMILES string of the molecule is COC(=O)CN1C(=O)C(C)(C)c2cc(NC(=O)Cc3nc(C)[nH]c(=O)c3C)ccc21. The van der Waals surface area contributed by atoms with Gasteiger partial charge in [0.05, 0.1) is 24.6 Å². The molecule has 0 aliphatic carbocycles. The second-order valence-corrected chi connectivity index (χ2v) is 7.77. The zero-order chi connectivity index (χ0) is 22.2. The number of hydrogen-bond donors (Lipinski definition) is 2. The number of carbonyl (C=O) groups excluding carboxylic acids is 3. The molecule has 0 spiro atoms. The maximum atomic E-state index is 12.8. The van der Waals surface area contributed by atoms with Crippen molar-refractivity contribution >= 4 is 29.2 Å². The van der Waals surface area contributed by atoms with Crippen LogP contribution in [-0.4, -0.2) is 41.4 Å². The van der Waals surface area contributed by atoms with Crippen molar-refractivity contribution in [2.45, 2.75) is 39.5 Å². The maximum absolute atomic E-state index is 12.8. The molecule has 1 aliphatic rings. The van der Waals surface area contributed by atoms with E-state index in [9.17, 15) is 19.2 Å². The number of nitrogens with one attached hydrogen (secondary N) is 2. The second-order valence-electron chi connectivity index (χ2n) is 7.77. The summed E-state index contributed by atoms with van der Waals surface area (Å²) in [6.45, 7) is 6.63. The van der Waals surface area contributed by atoms with Crippen LogP contribution in [0.5, 0.6) is 0 Å². The van der Waals surface area contributed by atoms with Crippen molar-refractivity contribution in [1.29, 1.82) is 0 Å². The Morgan fingerprint density at radius 1 is 1.23 bits per heavy atom. The molecule has 158 valence electrons.